The minimum atomic E-state index is -1.09. The number of piperazine rings is 1. The van der Waals surface area contributed by atoms with Crippen molar-refractivity contribution in [2.45, 2.75) is 25.8 Å². The number of carboxylic acids is 1. The monoisotopic (exact) mass is 296 g/mol. The number of nitrogens with one attached hydrogen (secondary N) is 1. The molecule has 0 spiro atoms. The Morgan fingerprint density at radius 1 is 1.55 bits per heavy atom. The first-order chi connectivity index (χ1) is 9.54. The Labute approximate surface area is 120 Å². The Morgan fingerprint density at radius 3 is 2.95 bits per heavy atom. The second-order valence-corrected chi connectivity index (χ2v) is 5.45. The molecule has 0 aromatic carbocycles. The van der Waals surface area contributed by atoms with Gasteiger partial charge in [0.25, 0.3) is 5.91 Å². The van der Waals surface area contributed by atoms with E-state index in [1.807, 2.05) is 18.4 Å². The average molecular weight is 296 g/mol. The molecular formula is C13H16N2O4S. The molecule has 7 heteroatoms. The fourth-order valence-electron chi connectivity index (χ4n) is 2.26. The summed E-state index contributed by atoms with van der Waals surface area (Å²) in [5, 5.41) is 13.3. The Balaban J connectivity index is 2.26. The third-order valence-electron chi connectivity index (χ3n) is 3.28. The molecule has 1 aliphatic rings. The van der Waals surface area contributed by atoms with Crippen LogP contribution in [0.2, 0.25) is 0 Å². The van der Waals surface area contributed by atoms with Gasteiger partial charge < -0.3 is 15.3 Å². The van der Waals surface area contributed by atoms with Crippen LogP contribution in [-0.2, 0) is 16.0 Å². The summed E-state index contributed by atoms with van der Waals surface area (Å²) in [6.07, 6.45) is 0.360. The first kappa shape index (κ1) is 14.5. The summed E-state index contributed by atoms with van der Waals surface area (Å²) in [7, 11) is 0. The largest absolute Gasteiger partial charge is 0.481 e. The maximum Gasteiger partial charge on any atom is 0.305 e. The van der Waals surface area contributed by atoms with Crippen molar-refractivity contribution in [2.75, 3.05) is 13.1 Å². The number of thiophene rings is 1. The lowest BCUT2D eigenvalue weighted by atomic mass is 10.1. The molecule has 0 aliphatic carbocycles. The number of carbonyl (C=O) groups excluding carboxylic acids is 2. The van der Waals surface area contributed by atoms with Crippen LogP contribution in [0.3, 0.4) is 0 Å². The number of hydrogen-bond acceptors (Lipinski definition) is 4. The second-order valence-electron chi connectivity index (χ2n) is 4.53. The van der Waals surface area contributed by atoms with E-state index >= 15 is 0 Å². The SMILES string of the molecule is CCc1ccsc1C(=O)N1CCNC(=O)C1CC(=O)O. The highest BCUT2D eigenvalue weighted by atomic mass is 32.1. The van der Waals surface area contributed by atoms with Crippen molar-refractivity contribution in [1.29, 1.82) is 0 Å². The number of carbonyl (C=O) groups is 3. The molecule has 6 nitrogen and oxygen atoms in total. The summed E-state index contributed by atoms with van der Waals surface area (Å²) in [6, 6.07) is 0.953. The van der Waals surface area contributed by atoms with Gasteiger partial charge in [0.05, 0.1) is 11.3 Å². The molecule has 0 saturated carbocycles. The number of carboxylic acid groups (broad SMARTS) is 1. The van der Waals surface area contributed by atoms with Crippen LogP contribution in [0.4, 0.5) is 0 Å². The van der Waals surface area contributed by atoms with Crippen LogP contribution in [0.15, 0.2) is 11.4 Å². The Bertz CT molecular complexity index is 540. The normalized spacial score (nSPS) is 18.8. The van der Waals surface area contributed by atoms with Crippen LogP contribution >= 0.6 is 11.3 Å². The lowest BCUT2D eigenvalue weighted by molar-refractivity contribution is -0.142. The predicted molar refractivity (Wildman–Crippen MR) is 73.8 cm³/mol. The summed E-state index contributed by atoms with van der Waals surface area (Å²) >= 11 is 1.33. The number of aliphatic carboxylic acids is 1. The molecule has 1 saturated heterocycles. The third-order valence-corrected chi connectivity index (χ3v) is 4.23. The molecule has 1 fully saturated rings. The van der Waals surface area contributed by atoms with E-state index in [-0.39, 0.29) is 12.3 Å². The van der Waals surface area contributed by atoms with Crippen LogP contribution in [-0.4, -0.2) is 46.9 Å². The van der Waals surface area contributed by atoms with Gasteiger partial charge in [0.2, 0.25) is 5.91 Å². The molecule has 2 N–H and O–H groups in total. The maximum absolute atomic E-state index is 12.5. The van der Waals surface area contributed by atoms with E-state index in [0.29, 0.717) is 18.0 Å². The minimum absolute atomic E-state index is 0.252. The zero-order valence-corrected chi connectivity index (χ0v) is 11.9. The van der Waals surface area contributed by atoms with Crippen LogP contribution in [0.25, 0.3) is 0 Å². The zero-order chi connectivity index (χ0) is 14.7. The first-order valence-electron chi connectivity index (χ1n) is 6.41. The van der Waals surface area contributed by atoms with Crippen molar-refractivity contribution in [3.63, 3.8) is 0 Å². The minimum Gasteiger partial charge on any atom is -0.481 e. The van der Waals surface area contributed by atoms with Crippen molar-refractivity contribution >= 4 is 29.1 Å². The van der Waals surface area contributed by atoms with Gasteiger partial charge in [0, 0.05) is 13.1 Å². The molecule has 1 aromatic rings. The molecule has 20 heavy (non-hydrogen) atoms. The molecule has 1 atom stereocenters. The molecule has 0 radical (unpaired) electrons. The van der Waals surface area contributed by atoms with Crippen LogP contribution in [0, 0.1) is 0 Å². The van der Waals surface area contributed by atoms with E-state index in [1.54, 1.807) is 0 Å². The first-order valence-corrected chi connectivity index (χ1v) is 7.29. The lowest BCUT2D eigenvalue weighted by Gasteiger charge is -2.34. The molecule has 108 valence electrons. The van der Waals surface area contributed by atoms with Crippen molar-refractivity contribution in [3.05, 3.63) is 21.9 Å². The van der Waals surface area contributed by atoms with Crippen molar-refractivity contribution in [2.24, 2.45) is 0 Å². The summed E-state index contributed by atoms with van der Waals surface area (Å²) in [4.78, 5) is 37.2. The van der Waals surface area contributed by atoms with E-state index in [0.717, 1.165) is 12.0 Å². The Hall–Kier alpha value is -1.89. The quantitative estimate of drug-likeness (QED) is 0.857. The molecular weight excluding hydrogens is 280 g/mol. The summed E-state index contributed by atoms with van der Waals surface area (Å²) in [5.41, 5.74) is 0.931. The molecule has 0 bridgehead atoms. The third kappa shape index (κ3) is 2.82. The molecule has 1 aromatic heterocycles. The van der Waals surface area contributed by atoms with Crippen molar-refractivity contribution in [1.82, 2.24) is 10.2 Å². The molecule has 2 amide bonds. The van der Waals surface area contributed by atoms with Gasteiger partial charge in [-0.25, -0.2) is 0 Å². The van der Waals surface area contributed by atoms with Gasteiger partial charge in [0.1, 0.15) is 6.04 Å². The van der Waals surface area contributed by atoms with E-state index in [1.165, 1.54) is 16.2 Å². The Morgan fingerprint density at radius 2 is 2.30 bits per heavy atom. The fourth-order valence-corrected chi connectivity index (χ4v) is 3.21. The molecule has 1 unspecified atom stereocenters. The highest BCUT2D eigenvalue weighted by Gasteiger charge is 2.35. The standard InChI is InChI=1S/C13H16N2O4S/c1-2-8-3-6-20-11(8)13(19)15-5-4-14-12(18)9(15)7-10(16)17/h3,6,9H,2,4-5,7H2,1H3,(H,14,18)(H,16,17). The van der Waals surface area contributed by atoms with Gasteiger partial charge in [-0.1, -0.05) is 6.92 Å². The summed E-state index contributed by atoms with van der Waals surface area (Å²) in [6.45, 7) is 2.65. The van der Waals surface area contributed by atoms with E-state index in [2.05, 4.69) is 5.32 Å². The summed E-state index contributed by atoms with van der Waals surface area (Å²) in [5.74, 6) is -1.74. The van der Waals surface area contributed by atoms with Crippen LogP contribution in [0.5, 0.6) is 0 Å². The van der Waals surface area contributed by atoms with Gasteiger partial charge in [0.15, 0.2) is 0 Å². The van der Waals surface area contributed by atoms with Gasteiger partial charge in [-0.05, 0) is 23.4 Å². The molecule has 2 heterocycles. The Kier molecular flexibility index (Phi) is 4.39. The van der Waals surface area contributed by atoms with E-state index in [4.69, 9.17) is 5.11 Å². The zero-order valence-electron chi connectivity index (χ0n) is 11.1. The van der Waals surface area contributed by atoms with Gasteiger partial charge in [-0.2, -0.15) is 0 Å². The fraction of sp³-hybridized carbons (Fsp3) is 0.462. The summed E-state index contributed by atoms with van der Waals surface area (Å²) < 4.78 is 0. The van der Waals surface area contributed by atoms with Gasteiger partial charge in [-0.3, -0.25) is 14.4 Å². The highest BCUT2D eigenvalue weighted by Crippen LogP contribution is 2.22. The molecule has 1 aliphatic heterocycles. The highest BCUT2D eigenvalue weighted by molar-refractivity contribution is 7.12. The smallest absolute Gasteiger partial charge is 0.305 e. The van der Waals surface area contributed by atoms with Gasteiger partial charge in [-0.15, -0.1) is 11.3 Å². The van der Waals surface area contributed by atoms with Gasteiger partial charge >= 0.3 is 5.97 Å². The van der Waals surface area contributed by atoms with E-state index < -0.39 is 17.9 Å². The topological polar surface area (TPSA) is 86.7 Å². The number of amides is 2. The van der Waals surface area contributed by atoms with Crippen molar-refractivity contribution < 1.29 is 19.5 Å². The van der Waals surface area contributed by atoms with Crippen LogP contribution < -0.4 is 5.32 Å². The van der Waals surface area contributed by atoms with Crippen molar-refractivity contribution in [3.8, 4) is 0 Å². The van der Waals surface area contributed by atoms with E-state index in [9.17, 15) is 14.4 Å². The second kappa shape index (κ2) is 6.04. The number of rotatable bonds is 4. The average Bonchev–Trinajstić information content (AvgIpc) is 2.88. The number of aryl methyl sites for hydroxylation is 1. The number of hydrogen-bond donors (Lipinski definition) is 2. The predicted octanol–water partition coefficient (Wildman–Crippen LogP) is 0.726. The maximum atomic E-state index is 12.5. The number of nitrogens with zero attached hydrogens (tertiary/aromatic N) is 1. The lowest BCUT2D eigenvalue weighted by Crippen LogP contribution is -2.57. The molecule has 2 rings (SSSR count). The van der Waals surface area contributed by atoms with Crippen LogP contribution in [0.1, 0.15) is 28.6 Å².